The molecule has 0 atom stereocenters. The zero-order valence-corrected chi connectivity index (χ0v) is 16.4. The summed E-state index contributed by atoms with van der Waals surface area (Å²) in [6, 6.07) is 0. The Morgan fingerprint density at radius 1 is 1.04 bits per heavy atom. The number of Topliss-reactive ketones (excluding diaryl/α,β-unsaturated/α-hetero) is 1. The van der Waals surface area contributed by atoms with Crippen LogP contribution in [0.15, 0.2) is 0 Å². The average Bonchev–Trinajstić information content (AvgIpc) is 2.56. The Labute approximate surface area is 151 Å². The molecule has 0 spiro atoms. The number of carbonyl (C=O) groups is 2. The standard InChI is InChI=1S/C20H31NO4/c1-7-9-17-16(5)19(14(3)15(4)20(17)24-6)25-12-18(23)21-11-8-10-13(2)22/h7-12H2,1-6H3,(H,21,23). The lowest BCUT2D eigenvalue weighted by molar-refractivity contribution is -0.123. The van der Waals surface area contributed by atoms with Gasteiger partial charge in [-0.05, 0) is 57.2 Å². The molecule has 0 bridgehead atoms. The third-order valence-electron chi connectivity index (χ3n) is 4.39. The molecule has 0 aliphatic rings. The average molecular weight is 349 g/mol. The van der Waals surface area contributed by atoms with Gasteiger partial charge < -0.3 is 19.6 Å². The fourth-order valence-corrected chi connectivity index (χ4v) is 2.95. The molecule has 1 N–H and O–H groups in total. The van der Waals surface area contributed by atoms with Crippen LogP contribution in [0, 0.1) is 20.8 Å². The van der Waals surface area contributed by atoms with Gasteiger partial charge in [0.1, 0.15) is 17.3 Å². The van der Waals surface area contributed by atoms with Crippen molar-refractivity contribution in [3.05, 3.63) is 22.3 Å². The molecule has 140 valence electrons. The van der Waals surface area contributed by atoms with Crippen LogP contribution in [0.2, 0.25) is 0 Å². The number of ketones is 1. The second kappa shape index (κ2) is 10.1. The lowest BCUT2D eigenvalue weighted by Gasteiger charge is -2.21. The van der Waals surface area contributed by atoms with E-state index in [1.807, 2.05) is 20.8 Å². The van der Waals surface area contributed by atoms with Crippen LogP contribution in [0.4, 0.5) is 0 Å². The van der Waals surface area contributed by atoms with E-state index in [0.717, 1.165) is 46.6 Å². The van der Waals surface area contributed by atoms with Gasteiger partial charge in [0, 0.05) is 18.5 Å². The minimum Gasteiger partial charge on any atom is -0.496 e. The van der Waals surface area contributed by atoms with Crippen LogP contribution in [0.3, 0.4) is 0 Å². The van der Waals surface area contributed by atoms with Gasteiger partial charge in [0.15, 0.2) is 6.61 Å². The normalized spacial score (nSPS) is 10.5. The number of benzene rings is 1. The second-order valence-corrected chi connectivity index (χ2v) is 6.41. The molecule has 0 fully saturated rings. The lowest BCUT2D eigenvalue weighted by Crippen LogP contribution is -2.30. The molecule has 5 heteroatoms. The first-order chi connectivity index (χ1) is 11.8. The Kier molecular flexibility index (Phi) is 8.46. The van der Waals surface area contributed by atoms with Crippen LogP contribution in [-0.2, 0) is 16.0 Å². The third-order valence-corrected chi connectivity index (χ3v) is 4.39. The van der Waals surface area contributed by atoms with Gasteiger partial charge in [-0.15, -0.1) is 0 Å². The molecule has 1 aromatic carbocycles. The van der Waals surface area contributed by atoms with E-state index < -0.39 is 0 Å². The number of methoxy groups -OCH3 is 1. The van der Waals surface area contributed by atoms with E-state index in [9.17, 15) is 9.59 Å². The van der Waals surface area contributed by atoms with Crippen molar-refractivity contribution in [2.75, 3.05) is 20.3 Å². The van der Waals surface area contributed by atoms with Crippen molar-refractivity contribution >= 4 is 11.7 Å². The van der Waals surface area contributed by atoms with Crippen LogP contribution in [-0.4, -0.2) is 32.0 Å². The number of rotatable bonds is 10. The van der Waals surface area contributed by atoms with Gasteiger partial charge in [0.05, 0.1) is 7.11 Å². The van der Waals surface area contributed by atoms with Crippen LogP contribution in [0.25, 0.3) is 0 Å². The van der Waals surface area contributed by atoms with Crippen LogP contribution < -0.4 is 14.8 Å². The predicted octanol–water partition coefficient (Wildman–Crippen LogP) is 3.44. The quantitative estimate of drug-likeness (QED) is 0.657. The largest absolute Gasteiger partial charge is 0.496 e. The van der Waals surface area contributed by atoms with Crippen LogP contribution >= 0.6 is 0 Å². The number of carbonyl (C=O) groups excluding carboxylic acids is 2. The zero-order chi connectivity index (χ0) is 19.0. The van der Waals surface area contributed by atoms with Gasteiger partial charge >= 0.3 is 0 Å². The van der Waals surface area contributed by atoms with Gasteiger partial charge in [-0.1, -0.05) is 13.3 Å². The maximum atomic E-state index is 12.0. The van der Waals surface area contributed by atoms with E-state index in [2.05, 4.69) is 12.2 Å². The predicted molar refractivity (Wildman–Crippen MR) is 99.6 cm³/mol. The summed E-state index contributed by atoms with van der Waals surface area (Å²) in [6.07, 6.45) is 3.05. The SMILES string of the molecule is CCCc1c(C)c(OCC(=O)NCCCC(C)=O)c(C)c(C)c1OC. The number of hydrogen-bond acceptors (Lipinski definition) is 4. The molecule has 0 saturated carbocycles. The molecule has 1 aromatic rings. The van der Waals surface area contributed by atoms with E-state index in [4.69, 9.17) is 9.47 Å². The number of hydrogen-bond donors (Lipinski definition) is 1. The Bertz CT molecular complexity index is 623. The van der Waals surface area contributed by atoms with Crippen LogP contribution in [0.5, 0.6) is 11.5 Å². The summed E-state index contributed by atoms with van der Waals surface area (Å²) >= 11 is 0. The molecular formula is C20H31NO4. The maximum absolute atomic E-state index is 12.0. The second-order valence-electron chi connectivity index (χ2n) is 6.41. The van der Waals surface area contributed by atoms with Gasteiger partial charge in [-0.2, -0.15) is 0 Å². The molecule has 0 saturated heterocycles. The van der Waals surface area contributed by atoms with E-state index in [-0.39, 0.29) is 18.3 Å². The minimum atomic E-state index is -0.173. The van der Waals surface area contributed by atoms with E-state index in [1.165, 1.54) is 0 Å². The Balaban J connectivity index is 2.81. The van der Waals surface area contributed by atoms with E-state index in [0.29, 0.717) is 19.4 Å². The maximum Gasteiger partial charge on any atom is 0.257 e. The Hall–Kier alpha value is -2.04. The summed E-state index contributed by atoms with van der Waals surface area (Å²) < 4.78 is 11.4. The smallest absolute Gasteiger partial charge is 0.257 e. The first-order valence-corrected chi connectivity index (χ1v) is 8.88. The highest BCUT2D eigenvalue weighted by Crippen LogP contribution is 2.38. The molecule has 0 unspecified atom stereocenters. The molecule has 0 aliphatic carbocycles. The summed E-state index contributed by atoms with van der Waals surface area (Å²) in [5.74, 6) is 1.64. The molecule has 0 aliphatic heterocycles. The topological polar surface area (TPSA) is 64.6 Å². The van der Waals surface area contributed by atoms with Crippen molar-refractivity contribution in [1.82, 2.24) is 5.32 Å². The fraction of sp³-hybridized carbons (Fsp3) is 0.600. The summed E-state index contributed by atoms with van der Waals surface area (Å²) in [6.45, 7) is 10.2. The fourth-order valence-electron chi connectivity index (χ4n) is 2.95. The lowest BCUT2D eigenvalue weighted by atomic mass is 9.94. The van der Waals surface area contributed by atoms with Crippen molar-refractivity contribution in [3.8, 4) is 11.5 Å². The van der Waals surface area contributed by atoms with Crippen molar-refractivity contribution in [2.24, 2.45) is 0 Å². The summed E-state index contributed by atoms with van der Waals surface area (Å²) in [5.41, 5.74) is 4.23. The Morgan fingerprint density at radius 2 is 1.68 bits per heavy atom. The molecular weight excluding hydrogens is 318 g/mol. The summed E-state index contributed by atoms with van der Waals surface area (Å²) in [5, 5.41) is 2.78. The van der Waals surface area contributed by atoms with Gasteiger partial charge in [-0.25, -0.2) is 0 Å². The Morgan fingerprint density at radius 3 is 2.24 bits per heavy atom. The molecule has 0 heterocycles. The molecule has 25 heavy (non-hydrogen) atoms. The molecule has 5 nitrogen and oxygen atoms in total. The van der Waals surface area contributed by atoms with Crippen LogP contribution in [0.1, 0.15) is 55.4 Å². The zero-order valence-electron chi connectivity index (χ0n) is 16.4. The molecule has 1 amide bonds. The molecule has 0 aromatic heterocycles. The number of amides is 1. The summed E-state index contributed by atoms with van der Waals surface area (Å²) in [4.78, 5) is 22.9. The van der Waals surface area contributed by atoms with Crippen molar-refractivity contribution in [3.63, 3.8) is 0 Å². The van der Waals surface area contributed by atoms with E-state index in [1.54, 1.807) is 14.0 Å². The first kappa shape index (κ1) is 21.0. The minimum absolute atomic E-state index is 0.0287. The number of nitrogens with one attached hydrogen (secondary N) is 1. The molecule has 0 radical (unpaired) electrons. The van der Waals surface area contributed by atoms with Crippen molar-refractivity contribution in [1.29, 1.82) is 0 Å². The highest BCUT2D eigenvalue weighted by Gasteiger charge is 2.19. The highest BCUT2D eigenvalue weighted by molar-refractivity contribution is 5.78. The summed E-state index contributed by atoms with van der Waals surface area (Å²) in [7, 11) is 1.69. The monoisotopic (exact) mass is 349 g/mol. The van der Waals surface area contributed by atoms with Crippen molar-refractivity contribution < 1.29 is 19.1 Å². The third kappa shape index (κ3) is 5.76. The first-order valence-electron chi connectivity index (χ1n) is 8.88. The highest BCUT2D eigenvalue weighted by atomic mass is 16.5. The molecule has 1 rings (SSSR count). The van der Waals surface area contributed by atoms with Gasteiger partial charge in [0.25, 0.3) is 5.91 Å². The number of ether oxygens (including phenoxy) is 2. The van der Waals surface area contributed by atoms with Gasteiger partial charge in [0.2, 0.25) is 0 Å². The van der Waals surface area contributed by atoms with Gasteiger partial charge in [-0.3, -0.25) is 4.79 Å². The van der Waals surface area contributed by atoms with Crippen molar-refractivity contribution in [2.45, 2.75) is 60.3 Å². The van der Waals surface area contributed by atoms with E-state index >= 15 is 0 Å².